The summed E-state index contributed by atoms with van der Waals surface area (Å²) in [5.41, 5.74) is 13.6. The fourth-order valence-corrected chi connectivity index (χ4v) is 3.20. The number of aryl methyl sites for hydroxylation is 3. The monoisotopic (exact) mass is 266 g/mol. The average molecular weight is 266 g/mol. The first-order valence-electron chi connectivity index (χ1n) is 7.37. The highest BCUT2D eigenvalue weighted by atomic mass is 15.1. The summed E-state index contributed by atoms with van der Waals surface area (Å²) in [7, 11) is 2.10. The van der Waals surface area contributed by atoms with E-state index in [0.717, 1.165) is 11.4 Å². The van der Waals surface area contributed by atoms with Crippen molar-refractivity contribution in [1.82, 2.24) is 0 Å². The third-order valence-corrected chi connectivity index (χ3v) is 4.32. The standard InChI is InChI=1S/C18H22N2/c1-13-6-5-9-17(19)18(13)20(2)16-11-10-14-7-3-4-8-15(14)12-16/h5-6,9-12H,3-4,7-8,19H2,1-2H3. The molecule has 0 saturated heterocycles. The predicted octanol–water partition coefficient (Wildman–Crippen LogP) is 4.22. The fraction of sp³-hybridized carbons (Fsp3) is 0.333. The molecule has 0 spiro atoms. The van der Waals surface area contributed by atoms with Gasteiger partial charge in [-0.1, -0.05) is 18.2 Å². The quantitative estimate of drug-likeness (QED) is 0.824. The lowest BCUT2D eigenvalue weighted by Gasteiger charge is -2.25. The van der Waals surface area contributed by atoms with Crippen molar-refractivity contribution in [2.24, 2.45) is 0 Å². The van der Waals surface area contributed by atoms with E-state index in [9.17, 15) is 0 Å². The third kappa shape index (κ3) is 2.26. The van der Waals surface area contributed by atoms with Crippen molar-refractivity contribution in [2.45, 2.75) is 32.6 Å². The molecular formula is C18H22N2. The molecule has 0 amide bonds. The van der Waals surface area contributed by atoms with Gasteiger partial charge in [0.2, 0.25) is 0 Å². The lowest BCUT2D eigenvalue weighted by Crippen LogP contribution is -2.14. The molecule has 0 bridgehead atoms. The Morgan fingerprint density at radius 3 is 2.50 bits per heavy atom. The first-order valence-corrected chi connectivity index (χ1v) is 7.37. The highest BCUT2D eigenvalue weighted by molar-refractivity contribution is 5.77. The minimum absolute atomic E-state index is 0.838. The van der Waals surface area contributed by atoms with Gasteiger partial charge in [0.15, 0.2) is 0 Å². The summed E-state index contributed by atoms with van der Waals surface area (Å²) in [6, 6.07) is 12.9. The Labute approximate surface area is 121 Å². The Balaban J connectivity index is 2.00. The molecule has 0 aromatic heterocycles. The Kier molecular flexibility index (Phi) is 3.39. The van der Waals surface area contributed by atoms with E-state index in [4.69, 9.17) is 5.73 Å². The SMILES string of the molecule is Cc1cccc(N)c1N(C)c1ccc2c(c1)CCCC2. The van der Waals surface area contributed by atoms with Crippen molar-refractivity contribution in [2.75, 3.05) is 17.7 Å². The number of hydrogen-bond acceptors (Lipinski definition) is 2. The second-order valence-corrected chi connectivity index (χ2v) is 5.73. The van der Waals surface area contributed by atoms with Crippen LogP contribution in [0.15, 0.2) is 36.4 Å². The van der Waals surface area contributed by atoms with Gasteiger partial charge in [-0.05, 0) is 67.5 Å². The maximum absolute atomic E-state index is 6.16. The van der Waals surface area contributed by atoms with Crippen molar-refractivity contribution in [3.05, 3.63) is 53.1 Å². The van der Waals surface area contributed by atoms with E-state index in [0.29, 0.717) is 0 Å². The second kappa shape index (κ2) is 5.20. The number of hydrogen-bond donors (Lipinski definition) is 1. The molecule has 0 fully saturated rings. The zero-order valence-electron chi connectivity index (χ0n) is 12.3. The Bertz CT molecular complexity index is 611. The maximum Gasteiger partial charge on any atom is 0.0671 e. The number of nitrogens with two attached hydrogens (primary N) is 1. The summed E-state index contributed by atoms with van der Waals surface area (Å²) in [5.74, 6) is 0. The van der Waals surface area contributed by atoms with Crippen molar-refractivity contribution < 1.29 is 0 Å². The average Bonchev–Trinajstić information content (AvgIpc) is 2.46. The maximum atomic E-state index is 6.16. The Hall–Kier alpha value is -1.96. The van der Waals surface area contributed by atoms with Gasteiger partial charge in [-0.15, -0.1) is 0 Å². The van der Waals surface area contributed by atoms with E-state index in [2.05, 4.69) is 43.1 Å². The van der Waals surface area contributed by atoms with Gasteiger partial charge in [-0.25, -0.2) is 0 Å². The summed E-state index contributed by atoms with van der Waals surface area (Å²) in [4.78, 5) is 2.21. The molecule has 2 aromatic rings. The summed E-state index contributed by atoms with van der Waals surface area (Å²) in [5, 5.41) is 0. The van der Waals surface area contributed by atoms with Gasteiger partial charge in [0.05, 0.1) is 11.4 Å². The molecule has 1 aliphatic rings. The summed E-state index contributed by atoms with van der Waals surface area (Å²) >= 11 is 0. The lowest BCUT2D eigenvalue weighted by molar-refractivity contribution is 0.685. The third-order valence-electron chi connectivity index (χ3n) is 4.32. The molecule has 0 unspecified atom stereocenters. The van der Waals surface area contributed by atoms with E-state index in [1.165, 1.54) is 48.1 Å². The smallest absolute Gasteiger partial charge is 0.0671 e. The number of nitrogens with zero attached hydrogens (tertiary/aromatic N) is 1. The van der Waals surface area contributed by atoms with Crippen LogP contribution in [0.5, 0.6) is 0 Å². The number of rotatable bonds is 2. The highest BCUT2D eigenvalue weighted by Crippen LogP contribution is 2.34. The number of fused-ring (bicyclic) bond motifs is 1. The van der Waals surface area contributed by atoms with Crippen LogP contribution in [-0.4, -0.2) is 7.05 Å². The molecule has 2 heteroatoms. The van der Waals surface area contributed by atoms with Crippen molar-refractivity contribution >= 4 is 17.1 Å². The topological polar surface area (TPSA) is 29.3 Å². The number of para-hydroxylation sites is 1. The molecular weight excluding hydrogens is 244 g/mol. The van der Waals surface area contributed by atoms with E-state index in [-0.39, 0.29) is 0 Å². The fourth-order valence-electron chi connectivity index (χ4n) is 3.20. The van der Waals surface area contributed by atoms with Gasteiger partial charge >= 0.3 is 0 Å². The van der Waals surface area contributed by atoms with Crippen LogP contribution in [0.4, 0.5) is 17.1 Å². The molecule has 3 rings (SSSR count). The summed E-state index contributed by atoms with van der Waals surface area (Å²) in [6.45, 7) is 2.11. The van der Waals surface area contributed by atoms with Crippen LogP contribution in [0.1, 0.15) is 29.5 Å². The molecule has 2 nitrogen and oxygen atoms in total. The second-order valence-electron chi connectivity index (χ2n) is 5.73. The van der Waals surface area contributed by atoms with E-state index >= 15 is 0 Å². The van der Waals surface area contributed by atoms with Crippen LogP contribution in [0.25, 0.3) is 0 Å². The molecule has 0 saturated carbocycles. The van der Waals surface area contributed by atoms with E-state index in [1.54, 1.807) is 0 Å². The summed E-state index contributed by atoms with van der Waals surface area (Å²) < 4.78 is 0. The van der Waals surface area contributed by atoms with Gasteiger partial charge in [-0.2, -0.15) is 0 Å². The molecule has 1 aliphatic carbocycles. The van der Waals surface area contributed by atoms with Gasteiger partial charge in [-0.3, -0.25) is 0 Å². The summed E-state index contributed by atoms with van der Waals surface area (Å²) in [6.07, 6.45) is 5.08. The Morgan fingerprint density at radius 2 is 1.75 bits per heavy atom. The molecule has 2 aromatic carbocycles. The molecule has 0 heterocycles. The van der Waals surface area contributed by atoms with Crippen LogP contribution in [0.3, 0.4) is 0 Å². The minimum Gasteiger partial charge on any atom is -0.397 e. The number of nitrogen functional groups attached to an aromatic ring is 1. The zero-order chi connectivity index (χ0) is 14.1. The first kappa shape index (κ1) is 13.0. The first-order chi connectivity index (χ1) is 9.66. The number of anilines is 3. The predicted molar refractivity (Wildman–Crippen MR) is 86.7 cm³/mol. The lowest BCUT2D eigenvalue weighted by atomic mass is 9.91. The zero-order valence-corrected chi connectivity index (χ0v) is 12.3. The highest BCUT2D eigenvalue weighted by Gasteiger charge is 2.14. The van der Waals surface area contributed by atoms with Crippen molar-refractivity contribution in [3.63, 3.8) is 0 Å². The normalized spacial score (nSPS) is 13.9. The van der Waals surface area contributed by atoms with Crippen LogP contribution in [-0.2, 0) is 12.8 Å². The van der Waals surface area contributed by atoms with Gasteiger partial charge in [0.1, 0.15) is 0 Å². The van der Waals surface area contributed by atoms with Gasteiger partial charge < -0.3 is 10.6 Å². The Morgan fingerprint density at radius 1 is 1.00 bits per heavy atom. The molecule has 0 radical (unpaired) electrons. The van der Waals surface area contributed by atoms with Crippen LogP contribution < -0.4 is 10.6 Å². The molecule has 20 heavy (non-hydrogen) atoms. The molecule has 104 valence electrons. The van der Waals surface area contributed by atoms with Gasteiger partial charge in [0, 0.05) is 12.7 Å². The van der Waals surface area contributed by atoms with E-state index in [1.807, 2.05) is 12.1 Å². The van der Waals surface area contributed by atoms with Crippen molar-refractivity contribution in [1.29, 1.82) is 0 Å². The largest absolute Gasteiger partial charge is 0.397 e. The number of benzene rings is 2. The van der Waals surface area contributed by atoms with Crippen molar-refractivity contribution in [3.8, 4) is 0 Å². The van der Waals surface area contributed by atoms with Crippen LogP contribution >= 0.6 is 0 Å². The van der Waals surface area contributed by atoms with Gasteiger partial charge in [0.25, 0.3) is 0 Å². The molecule has 2 N–H and O–H groups in total. The molecule has 0 atom stereocenters. The van der Waals surface area contributed by atoms with E-state index < -0.39 is 0 Å². The van der Waals surface area contributed by atoms with Crippen LogP contribution in [0.2, 0.25) is 0 Å². The van der Waals surface area contributed by atoms with Crippen LogP contribution in [0, 0.1) is 6.92 Å². The molecule has 0 aliphatic heterocycles. The minimum atomic E-state index is 0.838.